The van der Waals surface area contributed by atoms with Gasteiger partial charge in [-0.25, -0.2) is 4.39 Å². The Balaban J connectivity index is 2.49. The van der Waals surface area contributed by atoms with E-state index in [1.807, 2.05) is 6.07 Å². The Hall–Kier alpha value is -1.35. The van der Waals surface area contributed by atoms with Crippen molar-refractivity contribution in [2.45, 2.75) is 0 Å². The summed E-state index contributed by atoms with van der Waals surface area (Å²) in [5, 5.41) is 9.69. The maximum atomic E-state index is 12.7. The highest BCUT2D eigenvalue weighted by atomic mass is 79.9. The summed E-state index contributed by atoms with van der Waals surface area (Å²) in [4.78, 5) is 0. The minimum atomic E-state index is -0.282. The molecule has 0 aliphatic rings. The number of hydrogen-bond donors (Lipinski definition) is 1. The van der Waals surface area contributed by atoms with Crippen molar-refractivity contribution >= 4 is 15.9 Å². The van der Waals surface area contributed by atoms with Crippen LogP contribution in [-0.2, 0) is 0 Å². The van der Waals surface area contributed by atoms with Crippen molar-refractivity contribution < 1.29 is 9.50 Å². The lowest BCUT2D eigenvalue weighted by Gasteiger charge is -2.04. The van der Waals surface area contributed by atoms with E-state index in [1.54, 1.807) is 24.3 Å². The summed E-state index contributed by atoms with van der Waals surface area (Å²) in [6.45, 7) is 0. The highest BCUT2D eigenvalue weighted by molar-refractivity contribution is 9.10. The Kier molecular flexibility index (Phi) is 2.73. The molecule has 0 aliphatic heterocycles. The SMILES string of the molecule is Oc1cc(Br)ccc1-c1ccc(F)cc1. The van der Waals surface area contributed by atoms with Gasteiger partial charge in [0.15, 0.2) is 0 Å². The fourth-order valence-corrected chi connectivity index (χ4v) is 1.73. The molecule has 0 unspecified atom stereocenters. The average Bonchev–Trinajstić information content (AvgIpc) is 2.20. The summed E-state index contributed by atoms with van der Waals surface area (Å²) < 4.78 is 13.5. The zero-order chi connectivity index (χ0) is 10.8. The Morgan fingerprint density at radius 2 is 1.67 bits per heavy atom. The van der Waals surface area contributed by atoms with Gasteiger partial charge in [-0.15, -0.1) is 0 Å². The summed E-state index contributed by atoms with van der Waals surface area (Å²) in [7, 11) is 0. The van der Waals surface area contributed by atoms with Gasteiger partial charge < -0.3 is 5.11 Å². The van der Waals surface area contributed by atoms with Gasteiger partial charge in [-0.05, 0) is 35.9 Å². The van der Waals surface area contributed by atoms with E-state index in [0.717, 1.165) is 10.0 Å². The van der Waals surface area contributed by atoms with Crippen LogP contribution in [0, 0.1) is 5.82 Å². The molecule has 0 atom stereocenters. The molecule has 0 saturated heterocycles. The summed E-state index contributed by atoms with van der Waals surface area (Å²) in [6, 6.07) is 11.2. The van der Waals surface area contributed by atoms with E-state index in [-0.39, 0.29) is 11.6 Å². The highest BCUT2D eigenvalue weighted by Crippen LogP contribution is 2.31. The van der Waals surface area contributed by atoms with Gasteiger partial charge in [0, 0.05) is 10.0 Å². The first kappa shape index (κ1) is 10.2. The molecule has 76 valence electrons. The van der Waals surface area contributed by atoms with Crippen LogP contribution in [0.1, 0.15) is 0 Å². The molecule has 0 aromatic heterocycles. The van der Waals surface area contributed by atoms with E-state index in [0.29, 0.717) is 5.56 Å². The number of phenols is 1. The van der Waals surface area contributed by atoms with Gasteiger partial charge in [0.2, 0.25) is 0 Å². The number of halogens is 2. The van der Waals surface area contributed by atoms with Crippen LogP contribution in [0.2, 0.25) is 0 Å². The molecule has 0 amide bonds. The van der Waals surface area contributed by atoms with Gasteiger partial charge in [0.1, 0.15) is 11.6 Å². The fraction of sp³-hybridized carbons (Fsp3) is 0. The molecular formula is C12H8BrFO. The third kappa shape index (κ3) is 2.18. The molecule has 0 fully saturated rings. The lowest BCUT2D eigenvalue weighted by Crippen LogP contribution is -1.80. The Morgan fingerprint density at radius 1 is 1.00 bits per heavy atom. The van der Waals surface area contributed by atoms with Crippen LogP contribution in [0.15, 0.2) is 46.9 Å². The van der Waals surface area contributed by atoms with Gasteiger partial charge >= 0.3 is 0 Å². The maximum absolute atomic E-state index is 12.7. The lowest BCUT2D eigenvalue weighted by molar-refractivity contribution is 0.477. The van der Waals surface area contributed by atoms with Crippen molar-refractivity contribution in [2.24, 2.45) is 0 Å². The van der Waals surface area contributed by atoms with Crippen LogP contribution >= 0.6 is 15.9 Å². The van der Waals surface area contributed by atoms with Crippen molar-refractivity contribution in [1.29, 1.82) is 0 Å². The van der Waals surface area contributed by atoms with Crippen LogP contribution in [0.3, 0.4) is 0 Å². The topological polar surface area (TPSA) is 20.2 Å². The van der Waals surface area contributed by atoms with Gasteiger partial charge in [-0.1, -0.05) is 28.1 Å². The molecular weight excluding hydrogens is 259 g/mol. The minimum absolute atomic E-state index is 0.177. The number of hydrogen-bond acceptors (Lipinski definition) is 1. The smallest absolute Gasteiger partial charge is 0.124 e. The molecule has 2 aromatic rings. The molecule has 0 heterocycles. The number of aromatic hydroxyl groups is 1. The zero-order valence-corrected chi connectivity index (χ0v) is 9.33. The molecule has 0 spiro atoms. The minimum Gasteiger partial charge on any atom is -0.507 e. The lowest BCUT2D eigenvalue weighted by atomic mass is 10.1. The largest absolute Gasteiger partial charge is 0.507 e. The quantitative estimate of drug-likeness (QED) is 0.829. The van der Waals surface area contributed by atoms with E-state index < -0.39 is 0 Å². The first-order valence-corrected chi connectivity index (χ1v) is 5.20. The predicted octanol–water partition coefficient (Wildman–Crippen LogP) is 3.96. The molecule has 1 nitrogen and oxygen atoms in total. The molecule has 2 rings (SSSR count). The second-order valence-corrected chi connectivity index (χ2v) is 4.08. The van der Waals surface area contributed by atoms with Gasteiger partial charge in [-0.3, -0.25) is 0 Å². The first-order valence-electron chi connectivity index (χ1n) is 4.41. The second-order valence-electron chi connectivity index (χ2n) is 3.17. The maximum Gasteiger partial charge on any atom is 0.124 e. The molecule has 0 saturated carbocycles. The van der Waals surface area contributed by atoms with E-state index >= 15 is 0 Å². The second kappa shape index (κ2) is 4.03. The molecule has 3 heteroatoms. The Morgan fingerprint density at radius 3 is 2.27 bits per heavy atom. The molecule has 2 aromatic carbocycles. The van der Waals surface area contributed by atoms with Crippen LogP contribution < -0.4 is 0 Å². The van der Waals surface area contributed by atoms with Crippen LogP contribution in [0.5, 0.6) is 5.75 Å². The van der Waals surface area contributed by atoms with Crippen molar-refractivity contribution in [3.63, 3.8) is 0 Å². The fourth-order valence-electron chi connectivity index (χ4n) is 1.38. The van der Waals surface area contributed by atoms with Gasteiger partial charge in [0.05, 0.1) is 0 Å². The van der Waals surface area contributed by atoms with E-state index in [2.05, 4.69) is 15.9 Å². The molecule has 0 aliphatic carbocycles. The molecule has 1 N–H and O–H groups in total. The molecule has 0 bridgehead atoms. The third-order valence-corrected chi connectivity index (χ3v) is 2.61. The number of phenolic OH excluding ortho intramolecular Hbond substituents is 1. The predicted molar refractivity (Wildman–Crippen MR) is 61.2 cm³/mol. The van der Waals surface area contributed by atoms with Crippen LogP contribution in [-0.4, -0.2) is 5.11 Å². The summed E-state index contributed by atoms with van der Waals surface area (Å²) >= 11 is 3.26. The van der Waals surface area contributed by atoms with Crippen LogP contribution in [0.4, 0.5) is 4.39 Å². The van der Waals surface area contributed by atoms with Crippen molar-refractivity contribution in [1.82, 2.24) is 0 Å². The first-order chi connectivity index (χ1) is 7.16. The number of benzene rings is 2. The summed E-state index contributed by atoms with van der Waals surface area (Å²) in [6.07, 6.45) is 0. The highest BCUT2D eigenvalue weighted by Gasteiger charge is 2.04. The number of rotatable bonds is 1. The Bertz CT molecular complexity index is 479. The third-order valence-electron chi connectivity index (χ3n) is 2.12. The van der Waals surface area contributed by atoms with Crippen molar-refractivity contribution in [2.75, 3.05) is 0 Å². The van der Waals surface area contributed by atoms with E-state index in [4.69, 9.17) is 0 Å². The normalized spacial score (nSPS) is 10.3. The molecule has 0 radical (unpaired) electrons. The van der Waals surface area contributed by atoms with Gasteiger partial charge in [-0.2, -0.15) is 0 Å². The molecule has 15 heavy (non-hydrogen) atoms. The van der Waals surface area contributed by atoms with Gasteiger partial charge in [0.25, 0.3) is 0 Å². The van der Waals surface area contributed by atoms with Crippen LogP contribution in [0.25, 0.3) is 11.1 Å². The van der Waals surface area contributed by atoms with Crippen molar-refractivity contribution in [3.05, 3.63) is 52.8 Å². The Labute approximate surface area is 95.3 Å². The monoisotopic (exact) mass is 266 g/mol. The standard InChI is InChI=1S/C12H8BrFO/c13-9-3-6-11(12(15)7-9)8-1-4-10(14)5-2-8/h1-7,15H. The van der Waals surface area contributed by atoms with E-state index in [1.165, 1.54) is 12.1 Å². The van der Waals surface area contributed by atoms with Crippen molar-refractivity contribution in [3.8, 4) is 16.9 Å². The average molecular weight is 267 g/mol. The van der Waals surface area contributed by atoms with E-state index in [9.17, 15) is 9.50 Å². The summed E-state index contributed by atoms with van der Waals surface area (Å²) in [5.41, 5.74) is 1.49. The summed E-state index contributed by atoms with van der Waals surface area (Å²) in [5.74, 6) is -0.105. The zero-order valence-electron chi connectivity index (χ0n) is 7.74.